The molecular weight excluding hydrogens is 716 g/mol. The quantitative estimate of drug-likeness (QED) is 0.142. The van der Waals surface area contributed by atoms with Gasteiger partial charge in [0.1, 0.15) is 17.7 Å². The number of benzene rings is 2. The number of nitrogens with zero attached hydrogens (tertiary/aromatic N) is 5. The molecule has 6 atom stereocenters. The van der Waals surface area contributed by atoms with Gasteiger partial charge in [0.2, 0.25) is 11.8 Å². The highest BCUT2D eigenvalue weighted by Crippen LogP contribution is 2.38. The van der Waals surface area contributed by atoms with Crippen LogP contribution in [0.25, 0.3) is 33.6 Å². The van der Waals surface area contributed by atoms with Gasteiger partial charge >= 0.3 is 12.2 Å². The Morgan fingerprint density at radius 3 is 1.84 bits per heavy atom. The van der Waals surface area contributed by atoms with E-state index in [1.54, 1.807) is 25.1 Å². The van der Waals surface area contributed by atoms with E-state index in [1.807, 2.05) is 23.2 Å². The van der Waals surface area contributed by atoms with E-state index in [9.17, 15) is 24.3 Å². The van der Waals surface area contributed by atoms with Gasteiger partial charge in [0.05, 0.1) is 49.1 Å². The van der Waals surface area contributed by atoms with Gasteiger partial charge in [-0.05, 0) is 74.1 Å². The fourth-order valence-electron chi connectivity index (χ4n) is 8.42. The summed E-state index contributed by atoms with van der Waals surface area (Å²) in [6.45, 7) is 2.96. The van der Waals surface area contributed by atoms with Crippen molar-refractivity contribution in [1.82, 2.24) is 40.0 Å². The van der Waals surface area contributed by atoms with Crippen molar-refractivity contribution < 1.29 is 33.8 Å². The number of amides is 4. The van der Waals surface area contributed by atoms with Gasteiger partial charge in [-0.15, -0.1) is 0 Å². The third kappa shape index (κ3) is 7.85. The van der Waals surface area contributed by atoms with Gasteiger partial charge in [-0.25, -0.2) is 19.6 Å². The number of likely N-dealkylation sites (tertiary alicyclic amines) is 2. The lowest BCUT2D eigenvalue weighted by molar-refractivity contribution is -0.138. The molecule has 1 saturated carbocycles. The summed E-state index contributed by atoms with van der Waals surface area (Å²) in [7, 11) is 4.34. The average Bonchev–Trinajstić information content (AvgIpc) is 4.08. The molecule has 0 radical (unpaired) electrons. The first-order chi connectivity index (χ1) is 27.1. The standard InChI is InChI=1S/C41H50N8O7/c1-24(55-3)35(46-40(52)56-4)39(51)49-20-6-8-34(49)37-43-23-32(45-37)28-15-11-26(12-16-28)25-9-13-27(14-10-25)31-22-42-36(44-31)33-7-5-19-48(33)38(50)29-17-18-30(21-29)47(2)41(53)54/h9-16,22-24,29-30,33-35H,5-8,17-21H2,1-4H3,(H,42,44)(H,43,45)(H,46,52)(H,53,54)/t24?,29-,30+,33-,34?,35-/m0/s1. The molecule has 3 aliphatic rings. The lowest BCUT2D eigenvalue weighted by atomic mass is 10.0. The highest BCUT2D eigenvalue weighted by molar-refractivity contribution is 5.87. The number of imidazole rings is 2. The summed E-state index contributed by atoms with van der Waals surface area (Å²) in [5.41, 5.74) is 5.78. The van der Waals surface area contributed by atoms with E-state index in [2.05, 4.69) is 56.7 Å². The number of alkyl carbamates (subject to hydrolysis) is 1. The Labute approximate surface area is 325 Å². The number of H-pyrrole nitrogens is 2. The number of hydrogen-bond acceptors (Lipinski definition) is 8. The van der Waals surface area contributed by atoms with Crippen LogP contribution < -0.4 is 5.32 Å². The normalized spacial score (nSPS) is 21.9. The number of rotatable bonds is 11. The minimum absolute atomic E-state index is 0.0972. The van der Waals surface area contributed by atoms with Crippen LogP contribution in [-0.4, -0.2) is 116 Å². The van der Waals surface area contributed by atoms with Crippen molar-refractivity contribution in [1.29, 1.82) is 0 Å². The molecule has 2 saturated heterocycles. The molecule has 4 heterocycles. The summed E-state index contributed by atoms with van der Waals surface area (Å²) in [5, 5.41) is 12.0. The minimum Gasteiger partial charge on any atom is -0.465 e. The molecule has 296 valence electrons. The minimum atomic E-state index is -0.957. The van der Waals surface area contributed by atoms with Crippen molar-refractivity contribution in [2.45, 2.75) is 82.1 Å². The second kappa shape index (κ2) is 16.6. The topological polar surface area (TPSA) is 186 Å². The number of aromatic amines is 2. The van der Waals surface area contributed by atoms with Crippen LogP contribution in [0.4, 0.5) is 9.59 Å². The molecule has 56 heavy (non-hydrogen) atoms. The van der Waals surface area contributed by atoms with Crippen LogP contribution in [0.3, 0.4) is 0 Å². The summed E-state index contributed by atoms with van der Waals surface area (Å²) in [6.07, 6.45) is 6.66. The molecule has 0 bridgehead atoms. The number of methoxy groups -OCH3 is 2. The van der Waals surface area contributed by atoms with Crippen LogP contribution in [0, 0.1) is 5.92 Å². The van der Waals surface area contributed by atoms with Gasteiger partial charge in [-0.2, -0.15) is 0 Å². The van der Waals surface area contributed by atoms with Crippen LogP contribution >= 0.6 is 0 Å². The Morgan fingerprint density at radius 2 is 1.32 bits per heavy atom. The molecule has 2 aliphatic heterocycles. The molecule has 15 heteroatoms. The van der Waals surface area contributed by atoms with Gasteiger partial charge in [0.25, 0.3) is 0 Å². The second-order valence-corrected chi connectivity index (χ2v) is 15.0. The lowest BCUT2D eigenvalue weighted by Crippen LogP contribution is -2.54. The molecule has 0 spiro atoms. The molecular formula is C41H50N8O7. The van der Waals surface area contributed by atoms with Gasteiger partial charge in [-0.3, -0.25) is 9.59 Å². The van der Waals surface area contributed by atoms with Gasteiger partial charge in [0.15, 0.2) is 0 Å². The molecule has 4 aromatic rings. The van der Waals surface area contributed by atoms with Crippen molar-refractivity contribution in [2.24, 2.45) is 5.92 Å². The first kappa shape index (κ1) is 38.6. The third-order valence-corrected chi connectivity index (χ3v) is 11.8. The van der Waals surface area contributed by atoms with Crippen LogP contribution in [0.2, 0.25) is 0 Å². The number of aromatic nitrogens is 4. The van der Waals surface area contributed by atoms with Crippen molar-refractivity contribution in [3.63, 3.8) is 0 Å². The van der Waals surface area contributed by atoms with E-state index in [0.29, 0.717) is 38.2 Å². The van der Waals surface area contributed by atoms with Crippen LogP contribution in [0.5, 0.6) is 0 Å². The first-order valence-electron chi connectivity index (χ1n) is 19.3. The molecule has 4 amide bonds. The Balaban J connectivity index is 0.982. The number of nitrogens with one attached hydrogen (secondary N) is 3. The van der Waals surface area contributed by atoms with Crippen LogP contribution in [0.15, 0.2) is 60.9 Å². The molecule has 7 rings (SSSR count). The number of carbonyl (C=O) groups excluding carboxylic acids is 3. The summed E-state index contributed by atoms with van der Waals surface area (Å²) >= 11 is 0. The van der Waals surface area contributed by atoms with E-state index in [1.165, 1.54) is 19.1 Å². The highest BCUT2D eigenvalue weighted by atomic mass is 16.5. The maximum Gasteiger partial charge on any atom is 0.407 e. The van der Waals surface area contributed by atoms with E-state index in [4.69, 9.17) is 14.5 Å². The number of hydrogen-bond donors (Lipinski definition) is 4. The number of carboxylic acid groups (broad SMARTS) is 1. The number of ether oxygens (including phenoxy) is 2. The second-order valence-electron chi connectivity index (χ2n) is 15.0. The zero-order valence-corrected chi connectivity index (χ0v) is 32.2. The Kier molecular flexibility index (Phi) is 11.4. The smallest absolute Gasteiger partial charge is 0.407 e. The fourth-order valence-corrected chi connectivity index (χ4v) is 8.42. The third-order valence-electron chi connectivity index (χ3n) is 11.8. The molecule has 3 fully saturated rings. The first-order valence-corrected chi connectivity index (χ1v) is 19.3. The van der Waals surface area contributed by atoms with Gasteiger partial charge in [0, 0.05) is 39.2 Å². The summed E-state index contributed by atoms with van der Waals surface area (Å²) in [5.74, 6) is 1.15. The maximum atomic E-state index is 13.6. The van der Waals surface area contributed by atoms with E-state index >= 15 is 0 Å². The highest BCUT2D eigenvalue weighted by Gasteiger charge is 2.41. The molecule has 2 unspecified atom stereocenters. The number of carbonyl (C=O) groups is 4. The van der Waals surface area contributed by atoms with Crippen molar-refractivity contribution >= 4 is 24.0 Å². The molecule has 15 nitrogen and oxygen atoms in total. The molecule has 2 aromatic heterocycles. The lowest BCUT2D eigenvalue weighted by Gasteiger charge is -2.30. The summed E-state index contributed by atoms with van der Waals surface area (Å²) < 4.78 is 10.1. The SMILES string of the molecule is COC(=O)N[C@H](C(=O)N1CCCC1c1ncc(-c2ccc(-c3ccc(-c4cnc([C@@H]5CCCN5C(=O)[C@H]5CC[C@@H](N(C)C(=O)O)C5)[nH]4)cc3)cc2)[nH]1)C(C)OC. The van der Waals surface area contributed by atoms with E-state index < -0.39 is 24.3 Å². The van der Waals surface area contributed by atoms with Crippen LogP contribution in [0.1, 0.15) is 75.6 Å². The van der Waals surface area contributed by atoms with Gasteiger partial charge < -0.3 is 44.6 Å². The molecule has 4 N–H and O–H groups in total. The average molecular weight is 767 g/mol. The summed E-state index contributed by atoms with van der Waals surface area (Å²) in [4.78, 5) is 71.9. The zero-order valence-electron chi connectivity index (χ0n) is 32.2. The largest absolute Gasteiger partial charge is 0.465 e. The zero-order chi connectivity index (χ0) is 39.5. The van der Waals surface area contributed by atoms with E-state index in [0.717, 1.165) is 65.1 Å². The van der Waals surface area contributed by atoms with Crippen molar-refractivity contribution in [3.05, 3.63) is 72.6 Å². The van der Waals surface area contributed by atoms with E-state index in [-0.39, 0.29) is 35.9 Å². The van der Waals surface area contributed by atoms with Crippen molar-refractivity contribution in [2.75, 3.05) is 34.4 Å². The molecule has 2 aromatic carbocycles. The van der Waals surface area contributed by atoms with Crippen LogP contribution in [-0.2, 0) is 19.1 Å². The monoisotopic (exact) mass is 766 g/mol. The van der Waals surface area contributed by atoms with Crippen molar-refractivity contribution in [3.8, 4) is 33.6 Å². The predicted molar refractivity (Wildman–Crippen MR) is 207 cm³/mol. The molecule has 1 aliphatic carbocycles. The Hall–Kier alpha value is -5.70. The Bertz CT molecular complexity index is 2030. The summed E-state index contributed by atoms with van der Waals surface area (Å²) in [6, 6.07) is 15.1. The predicted octanol–water partition coefficient (Wildman–Crippen LogP) is 6.00. The van der Waals surface area contributed by atoms with Gasteiger partial charge in [-0.1, -0.05) is 48.5 Å². The fraction of sp³-hybridized carbons (Fsp3) is 0.463. The maximum absolute atomic E-state index is 13.6. The Morgan fingerprint density at radius 1 is 0.804 bits per heavy atom.